The molecular formula is C11H14N6O2. The van der Waals surface area contributed by atoms with Crippen LogP contribution < -0.4 is 20.9 Å². The summed E-state index contributed by atoms with van der Waals surface area (Å²) in [7, 11) is 3.00. The van der Waals surface area contributed by atoms with E-state index in [-0.39, 0.29) is 0 Å². The van der Waals surface area contributed by atoms with Crippen molar-refractivity contribution in [3.63, 3.8) is 0 Å². The normalized spacial score (nSPS) is 10.8. The number of ether oxygens (including phenoxy) is 2. The Hall–Kier alpha value is -2.77. The molecule has 5 N–H and O–H groups in total. The zero-order chi connectivity index (χ0) is 13.8. The van der Waals surface area contributed by atoms with Crippen molar-refractivity contribution in [2.24, 2.45) is 10.2 Å². The molecule has 0 spiro atoms. The number of nitrogens with two attached hydrogens (primary N) is 2. The van der Waals surface area contributed by atoms with Gasteiger partial charge in [-0.2, -0.15) is 0 Å². The number of nitrogens with one attached hydrogen (secondary N) is 1. The predicted molar refractivity (Wildman–Crippen MR) is 71.1 cm³/mol. The van der Waals surface area contributed by atoms with Gasteiger partial charge in [-0.15, -0.1) is 15.3 Å². The Labute approximate surface area is 109 Å². The molecule has 8 nitrogen and oxygen atoms in total. The highest BCUT2D eigenvalue weighted by molar-refractivity contribution is 5.78. The van der Waals surface area contributed by atoms with Gasteiger partial charge < -0.3 is 20.9 Å². The zero-order valence-corrected chi connectivity index (χ0v) is 10.5. The van der Waals surface area contributed by atoms with Crippen LogP contribution in [0.3, 0.4) is 0 Å². The Morgan fingerprint density at radius 1 is 1.16 bits per heavy atom. The molecule has 0 atom stereocenters. The maximum absolute atomic E-state index is 5.80. The van der Waals surface area contributed by atoms with Crippen LogP contribution in [-0.4, -0.2) is 24.4 Å². The minimum absolute atomic E-state index is 0.334. The van der Waals surface area contributed by atoms with E-state index in [0.29, 0.717) is 34.5 Å². The fourth-order valence-electron chi connectivity index (χ4n) is 1.45. The topological polar surface area (TPSA) is 124 Å². The molecule has 0 fully saturated rings. The lowest BCUT2D eigenvalue weighted by Crippen LogP contribution is -1.97. The van der Waals surface area contributed by atoms with Crippen LogP contribution in [0.15, 0.2) is 28.4 Å². The Bertz CT molecular complexity index is 607. The fraction of sp³-hybridized carbons (Fsp3) is 0.182. The molecule has 2 rings (SSSR count). The molecule has 0 aliphatic rings. The fourth-order valence-corrected chi connectivity index (χ4v) is 1.45. The van der Waals surface area contributed by atoms with E-state index in [1.807, 2.05) is 0 Å². The molecule has 100 valence electrons. The first-order valence-electron chi connectivity index (χ1n) is 5.38. The lowest BCUT2D eigenvalue weighted by Gasteiger charge is -2.08. The van der Waals surface area contributed by atoms with Crippen molar-refractivity contribution < 1.29 is 9.47 Å². The van der Waals surface area contributed by atoms with Crippen molar-refractivity contribution in [1.82, 2.24) is 10.2 Å². The molecule has 1 aromatic carbocycles. The molecule has 0 saturated carbocycles. The third-order valence-electron chi connectivity index (χ3n) is 2.43. The molecule has 8 heteroatoms. The maximum Gasteiger partial charge on any atom is 0.234 e. The Morgan fingerprint density at radius 3 is 2.58 bits per heavy atom. The number of hydrogen-bond donors (Lipinski definition) is 3. The summed E-state index contributed by atoms with van der Waals surface area (Å²) in [6.45, 7) is 0. The van der Waals surface area contributed by atoms with Crippen molar-refractivity contribution in [2.75, 3.05) is 25.7 Å². The molecular weight excluding hydrogens is 248 g/mol. The van der Waals surface area contributed by atoms with E-state index in [0.717, 1.165) is 0 Å². The molecule has 0 unspecified atom stereocenters. The average Bonchev–Trinajstić information content (AvgIpc) is 2.88. The van der Waals surface area contributed by atoms with Crippen LogP contribution in [0, 0.1) is 0 Å². The number of rotatable bonds is 4. The first kappa shape index (κ1) is 12.7. The van der Waals surface area contributed by atoms with Gasteiger partial charge in [0.05, 0.1) is 25.6 Å². The summed E-state index contributed by atoms with van der Waals surface area (Å²) < 4.78 is 10.1. The highest BCUT2D eigenvalue weighted by atomic mass is 16.5. The van der Waals surface area contributed by atoms with Gasteiger partial charge in [0.15, 0.2) is 11.6 Å². The maximum atomic E-state index is 5.80. The molecule has 1 heterocycles. The van der Waals surface area contributed by atoms with Gasteiger partial charge in [0.1, 0.15) is 5.69 Å². The number of azo groups is 1. The smallest absolute Gasteiger partial charge is 0.234 e. The van der Waals surface area contributed by atoms with Gasteiger partial charge in [0.25, 0.3) is 0 Å². The van der Waals surface area contributed by atoms with Crippen molar-refractivity contribution in [2.45, 2.75) is 0 Å². The second kappa shape index (κ2) is 5.25. The third-order valence-corrected chi connectivity index (χ3v) is 2.43. The predicted octanol–water partition coefficient (Wildman–Crippen LogP) is 2.01. The van der Waals surface area contributed by atoms with E-state index < -0.39 is 0 Å². The Kier molecular flexibility index (Phi) is 3.51. The third kappa shape index (κ3) is 2.57. The van der Waals surface area contributed by atoms with Gasteiger partial charge in [0.2, 0.25) is 5.88 Å². The number of hydrogen-bond acceptors (Lipinski definition) is 7. The van der Waals surface area contributed by atoms with Crippen LogP contribution in [0.1, 0.15) is 0 Å². The van der Waals surface area contributed by atoms with Crippen LogP contribution in [0.25, 0.3) is 0 Å². The van der Waals surface area contributed by atoms with Crippen LogP contribution in [0.2, 0.25) is 0 Å². The largest absolute Gasteiger partial charge is 0.492 e. The number of benzene rings is 1. The molecule has 0 aliphatic heterocycles. The van der Waals surface area contributed by atoms with Gasteiger partial charge >= 0.3 is 0 Å². The number of methoxy groups -OCH3 is 2. The lowest BCUT2D eigenvalue weighted by molar-refractivity contribution is 0.397. The molecule has 0 amide bonds. The average molecular weight is 262 g/mol. The quantitative estimate of drug-likeness (QED) is 0.574. The van der Waals surface area contributed by atoms with Crippen molar-refractivity contribution >= 4 is 22.9 Å². The minimum Gasteiger partial charge on any atom is -0.492 e. The highest BCUT2D eigenvalue weighted by Gasteiger charge is 2.09. The van der Waals surface area contributed by atoms with E-state index in [1.54, 1.807) is 18.2 Å². The number of anilines is 2. The second-order valence-electron chi connectivity index (χ2n) is 3.62. The molecule has 0 radical (unpaired) electrons. The van der Waals surface area contributed by atoms with Crippen molar-refractivity contribution in [3.8, 4) is 11.6 Å². The summed E-state index contributed by atoms with van der Waals surface area (Å²) in [4.78, 5) is 0. The van der Waals surface area contributed by atoms with Gasteiger partial charge in [-0.3, -0.25) is 5.10 Å². The van der Waals surface area contributed by atoms with Crippen LogP contribution in [-0.2, 0) is 0 Å². The molecule has 0 aliphatic carbocycles. The molecule has 0 saturated heterocycles. The van der Waals surface area contributed by atoms with Crippen molar-refractivity contribution in [3.05, 3.63) is 18.2 Å². The summed E-state index contributed by atoms with van der Waals surface area (Å²) in [6.07, 6.45) is 0. The van der Waals surface area contributed by atoms with Gasteiger partial charge in [-0.1, -0.05) is 0 Å². The number of aromatic amines is 1. The van der Waals surface area contributed by atoms with E-state index in [1.165, 1.54) is 14.2 Å². The number of H-pyrrole nitrogens is 1. The first-order chi connectivity index (χ1) is 9.15. The molecule has 0 bridgehead atoms. The standard InChI is InChI=1S/C11H14N6O2/c1-18-9-5-8(16-17-9)15-14-7-4-3-6(12)10(13)11(7)19-2/h3-5H,12-13H2,1-2H3,(H,16,17). The number of nitrogen functional groups attached to an aromatic ring is 2. The highest BCUT2D eigenvalue weighted by Crippen LogP contribution is 2.37. The number of aromatic nitrogens is 2. The van der Waals surface area contributed by atoms with Crippen LogP contribution in [0.5, 0.6) is 11.6 Å². The van der Waals surface area contributed by atoms with Crippen LogP contribution >= 0.6 is 0 Å². The van der Waals surface area contributed by atoms with E-state index in [9.17, 15) is 0 Å². The van der Waals surface area contributed by atoms with Gasteiger partial charge in [-0.25, -0.2) is 0 Å². The van der Waals surface area contributed by atoms with Crippen molar-refractivity contribution in [1.29, 1.82) is 0 Å². The summed E-state index contributed by atoms with van der Waals surface area (Å²) in [5.74, 6) is 1.27. The molecule has 1 aromatic heterocycles. The SMILES string of the molecule is COc1cc(N=Nc2ccc(N)c(N)c2OC)[nH]n1. The summed E-state index contributed by atoms with van der Waals surface area (Å²) >= 11 is 0. The van der Waals surface area contributed by atoms with Gasteiger partial charge in [-0.05, 0) is 12.1 Å². The van der Waals surface area contributed by atoms with E-state index in [2.05, 4.69) is 20.4 Å². The summed E-state index contributed by atoms with van der Waals surface area (Å²) in [5, 5.41) is 14.5. The zero-order valence-electron chi connectivity index (χ0n) is 10.5. The van der Waals surface area contributed by atoms with E-state index in [4.69, 9.17) is 20.9 Å². The molecule has 2 aromatic rings. The second-order valence-corrected chi connectivity index (χ2v) is 3.62. The van der Waals surface area contributed by atoms with E-state index >= 15 is 0 Å². The summed E-state index contributed by atoms with van der Waals surface area (Å²) in [5.41, 5.74) is 12.7. The minimum atomic E-state index is 0.334. The lowest BCUT2D eigenvalue weighted by atomic mass is 10.2. The Balaban J connectivity index is 2.30. The van der Waals surface area contributed by atoms with Gasteiger partial charge in [0, 0.05) is 6.07 Å². The molecule has 19 heavy (non-hydrogen) atoms. The first-order valence-corrected chi connectivity index (χ1v) is 5.38. The Morgan fingerprint density at radius 2 is 1.95 bits per heavy atom. The summed E-state index contributed by atoms with van der Waals surface area (Å²) in [6, 6.07) is 4.91. The monoisotopic (exact) mass is 262 g/mol. The number of nitrogens with zero attached hydrogens (tertiary/aromatic N) is 3. The van der Waals surface area contributed by atoms with Crippen LogP contribution in [0.4, 0.5) is 22.9 Å².